The molecule has 1 saturated carbocycles. The number of hydrogen-bond acceptors (Lipinski definition) is 4. The molecule has 0 spiro atoms. The van der Waals surface area contributed by atoms with Gasteiger partial charge in [-0.2, -0.15) is 0 Å². The third-order valence-corrected chi connectivity index (χ3v) is 4.19. The normalized spacial score (nSPS) is 24.5. The number of carbonyl (C=O) groups is 1. The Labute approximate surface area is 111 Å². The Kier molecular flexibility index (Phi) is 2.62. The zero-order valence-electron chi connectivity index (χ0n) is 11.0. The first-order valence-electron chi connectivity index (χ1n) is 6.64. The van der Waals surface area contributed by atoms with Gasteiger partial charge in [0.1, 0.15) is 0 Å². The lowest BCUT2D eigenvalue weighted by Crippen LogP contribution is -2.34. The third-order valence-electron chi connectivity index (χ3n) is 4.19. The molecule has 0 aromatic carbocycles. The van der Waals surface area contributed by atoms with Crippen molar-refractivity contribution in [3.05, 3.63) is 22.1 Å². The van der Waals surface area contributed by atoms with E-state index in [1.54, 1.807) is 0 Å². The Hall–Kier alpha value is -1.85. The summed E-state index contributed by atoms with van der Waals surface area (Å²) >= 11 is 0. The van der Waals surface area contributed by atoms with Crippen LogP contribution in [0.2, 0.25) is 0 Å². The number of nitrogens with two attached hydrogens (primary N) is 1. The molecule has 6 nitrogen and oxygen atoms in total. The van der Waals surface area contributed by atoms with Crippen molar-refractivity contribution in [1.82, 2.24) is 14.9 Å². The summed E-state index contributed by atoms with van der Waals surface area (Å²) in [5, 5.41) is 0. The van der Waals surface area contributed by atoms with Gasteiger partial charge in [0.25, 0.3) is 5.56 Å². The van der Waals surface area contributed by atoms with Gasteiger partial charge < -0.3 is 10.6 Å². The molecule has 1 saturated heterocycles. The van der Waals surface area contributed by atoms with E-state index in [1.807, 2.05) is 11.8 Å². The highest BCUT2D eigenvalue weighted by molar-refractivity contribution is 5.85. The Bertz CT molecular complexity index is 576. The van der Waals surface area contributed by atoms with Gasteiger partial charge in [-0.1, -0.05) is 6.92 Å². The minimum atomic E-state index is -0.235. The molecular formula is C13H18N4O2. The van der Waals surface area contributed by atoms with E-state index in [-0.39, 0.29) is 28.7 Å². The monoisotopic (exact) mass is 262 g/mol. The summed E-state index contributed by atoms with van der Waals surface area (Å²) in [6, 6.07) is 1.48. The van der Waals surface area contributed by atoms with Crippen LogP contribution in [0.15, 0.2) is 10.9 Å². The summed E-state index contributed by atoms with van der Waals surface area (Å²) in [4.78, 5) is 32.2. The largest absolute Gasteiger partial charge is 0.369 e. The summed E-state index contributed by atoms with van der Waals surface area (Å²) in [7, 11) is 0. The molecule has 19 heavy (non-hydrogen) atoms. The summed E-state index contributed by atoms with van der Waals surface area (Å²) < 4.78 is 0. The molecular weight excluding hydrogens is 244 g/mol. The number of amides is 1. The molecule has 1 aromatic heterocycles. The standard InChI is InChI=1S/C13H18N4O2/c1-13(3-4-13)11(19)17-5-2-8(7-17)9-6-10(18)16-12(14)15-9/h6,8H,2-5,7H2,1H3,(H3,14,15,16,18). The first-order chi connectivity index (χ1) is 8.98. The Balaban J connectivity index is 1.75. The Morgan fingerprint density at radius 1 is 1.58 bits per heavy atom. The highest BCUT2D eigenvalue weighted by Gasteiger charge is 2.48. The second-order valence-electron chi connectivity index (χ2n) is 5.85. The Morgan fingerprint density at radius 3 is 2.95 bits per heavy atom. The van der Waals surface area contributed by atoms with E-state index in [2.05, 4.69) is 9.97 Å². The average molecular weight is 262 g/mol. The average Bonchev–Trinajstić information content (AvgIpc) is 2.93. The van der Waals surface area contributed by atoms with Crippen LogP contribution in [0.1, 0.15) is 37.8 Å². The smallest absolute Gasteiger partial charge is 0.252 e. The number of aromatic nitrogens is 2. The van der Waals surface area contributed by atoms with Crippen LogP contribution in [0.3, 0.4) is 0 Å². The van der Waals surface area contributed by atoms with Gasteiger partial charge in [-0.15, -0.1) is 0 Å². The van der Waals surface area contributed by atoms with Crippen molar-refractivity contribution in [2.45, 2.75) is 32.1 Å². The van der Waals surface area contributed by atoms with Crippen molar-refractivity contribution in [3.63, 3.8) is 0 Å². The second-order valence-corrected chi connectivity index (χ2v) is 5.85. The van der Waals surface area contributed by atoms with Crippen molar-refractivity contribution < 1.29 is 4.79 Å². The molecule has 2 fully saturated rings. The minimum absolute atomic E-state index is 0.121. The van der Waals surface area contributed by atoms with Gasteiger partial charge in [0.15, 0.2) is 0 Å². The van der Waals surface area contributed by atoms with Gasteiger partial charge in [0, 0.05) is 30.5 Å². The molecule has 1 aromatic rings. The molecule has 102 valence electrons. The minimum Gasteiger partial charge on any atom is -0.369 e. The van der Waals surface area contributed by atoms with Crippen LogP contribution in [-0.2, 0) is 4.79 Å². The molecule has 1 aliphatic heterocycles. The highest BCUT2D eigenvalue weighted by Crippen LogP contribution is 2.47. The van der Waals surface area contributed by atoms with E-state index in [9.17, 15) is 9.59 Å². The van der Waals surface area contributed by atoms with Crippen LogP contribution in [0.5, 0.6) is 0 Å². The molecule has 1 aliphatic carbocycles. The molecule has 2 aliphatic rings. The summed E-state index contributed by atoms with van der Waals surface area (Å²) in [5.41, 5.74) is 5.88. The van der Waals surface area contributed by atoms with E-state index in [0.29, 0.717) is 12.2 Å². The number of rotatable bonds is 2. The van der Waals surface area contributed by atoms with Gasteiger partial charge in [0.2, 0.25) is 11.9 Å². The van der Waals surface area contributed by atoms with Gasteiger partial charge in [0.05, 0.1) is 5.69 Å². The number of aromatic amines is 1. The SMILES string of the molecule is CC1(C(=O)N2CCC(c3cc(=O)[nH]c(N)n3)C2)CC1. The van der Waals surface area contributed by atoms with E-state index >= 15 is 0 Å². The first-order valence-corrected chi connectivity index (χ1v) is 6.64. The number of anilines is 1. The van der Waals surface area contributed by atoms with Crippen LogP contribution < -0.4 is 11.3 Å². The zero-order valence-corrected chi connectivity index (χ0v) is 11.0. The molecule has 1 amide bonds. The van der Waals surface area contributed by atoms with Crippen molar-refractivity contribution in [2.24, 2.45) is 5.41 Å². The van der Waals surface area contributed by atoms with Gasteiger partial charge in [-0.25, -0.2) is 4.98 Å². The van der Waals surface area contributed by atoms with Crippen LogP contribution >= 0.6 is 0 Å². The summed E-state index contributed by atoms with van der Waals surface area (Å²) in [5.74, 6) is 0.505. The molecule has 3 N–H and O–H groups in total. The van der Waals surface area contributed by atoms with Crippen molar-refractivity contribution in [2.75, 3.05) is 18.8 Å². The lowest BCUT2D eigenvalue weighted by Gasteiger charge is -2.20. The maximum atomic E-state index is 12.3. The third kappa shape index (κ3) is 2.22. The number of likely N-dealkylation sites (tertiary alicyclic amines) is 1. The maximum Gasteiger partial charge on any atom is 0.252 e. The molecule has 6 heteroatoms. The van der Waals surface area contributed by atoms with E-state index in [0.717, 1.165) is 25.8 Å². The van der Waals surface area contributed by atoms with Gasteiger partial charge >= 0.3 is 0 Å². The molecule has 1 unspecified atom stereocenters. The molecule has 2 heterocycles. The van der Waals surface area contributed by atoms with Crippen molar-refractivity contribution >= 4 is 11.9 Å². The van der Waals surface area contributed by atoms with E-state index in [4.69, 9.17) is 5.73 Å². The first kappa shape index (κ1) is 12.2. The number of nitrogens with zero attached hydrogens (tertiary/aromatic N) is 2. The van der Waals surface area contributed by atoms with Gasteiger partial charge in [-0.3, -0.25) is 14.6 Å². The highest BCUT2D eigenvalue weighted by atomic mass is 16.2. The predicted octanol–water partition coefficient (Wildman–Crippen LogP) is 0.468. The fourth-order valence-electron chi connectivity index (χ4n) is 2.67. The van der Waals surface area contributed by atoms with Crippen molar-refractivity contribution in [3.8, 4) is 0 Å². The molecule has 0 radical (unpaired) electrons. The Morgan fingerprint density at radius 2 is 2.32 bits per heavy atom. The zero-order chi connectivity index (χ0) is 13.6. The van der Waals surface area contributed by atoms with Crippen molar-refractivity contribution in [1.29, 1.82) is 0 Å². The number of nitrogens with one attached hydrogen (secondary N) is 1. The maximum absolute atomic E-state index is 12.3. The quantitative estimate of drug-likeness (QED) is 0.810. The summed E-state index contributed by atoms with van der Waals surface area (Å²) in [6.45, 7) is 3.41. The van der Waals surface area contributed by atoms with Crippen LogP contribution in [0.25, 0.3) is 0 Å². The fraction of sp³-hybridized carbons (Fsp3) is 0.615. The second kappa shape index (κ2) is 4.08. The van der Waals surface area contributed by atoms with Crippen LogP contribution in [0, 0.1) is 5.41 Å². The number of hydrogen-bond donors (Lipinski definition) is 2. The summed E-state index contributed by atoms with van der Waals surface area (Å²) in [6.07, 6.45) is 2.82. The predicted molar refractivity (Wildman–Crippen MR) is 70.5 cm³/mol. The lowest BCUT2D eigenvalue weighted by molar-refractivity contribution is -0.135. The topological polar surface area (TPSA) is 92.1 Å². The molecule has 3 rings (SSSR count). The van der Waals surface area contributed by atoms with Gasteiger partial charge in [-0.05, 0) is 19.3 Å². The van der Waals surface area contributed by atoms with Crippen LogP contribution in [0.4, 0.5) is 5.95 Å². The number of nitrogen functional groups attached to an aromatic ring is 1. The fourth-order valence-corrected chi connectivity index (χ4v) is 2.67. The number of carbonyl (C=O) groups excluding carboxylic acids is 1. The van der Waals surface area contributed by atoms with E-state index < -0.39 is 0 Å². The molecule has 1 atom stereocenters. The lowest BCUT2D eigenvalue weighted by atomic mass is 10.0. The van der Waals surface area contributed by atoms with E-state index in [1.165, 1.54) is 6.07 Å². The van der Waals surface area contributed by atoms with Crippen LogP contribution in [-0.4, -0.2) is 33.9 Å². The number of H-pyrrole nitrogens is 1. The molecule has 0 bridgehead atoms.